The molecule has 2 N–H and O–H groups in total. The van der Waals surface area contributed by atoms with Crippen LogP contribution in [0.15, 0.2) is 60.1 Å². The number of hydrogen-bond acceptors (Lipinski definition) is 7. The van der Waals surface area contributed by atoms with Gasteiger partial charge in [-0.2, -0.15) is 4.68 Å². The first kappa shape index (κ1) is 16.7. The third-order valence-electron chi connectivity index (χ3n) is 4.31. The van der Waals surface area contributed by atoms with Crippen molar-refractivity contribution in [3.05, 3.63) is 65.6 Å². The molecule has 2 aromatic heterocycles. The minimum atomic E-state index is -0.500. The standard InChI is InChI=1S/C18H17N7O2/c1-11-15(17(26)21-13-7-3-4-8-14(13)27-2)16(12-6-5-9-19-10-12)25-18(20-11)22-23-24-25/h3-10,16H,1-2H3,(H,21,26)(H,20,22,24)/t16-/m0/s1. The fourth-order valence-electron chi connectivity index (χ4n) is 3.09. The quantitative estimate of drug-likeness (QED) is 0.730. The molecule has 27 heavy (non-hydrogen) atoms. The van der Waals surface area contributed by atoms with Gasteiger partial charge < -0.3 is 15.4 Å². The maximum Gasteiger partial charge on any atom is 0.255 e. The van der Waals surface area contributed by atoms with Crippen molar-refractivity contribution >= 4 is 17.5 Å². The Hall–Kier alpha value is -3.75. The smallest absolute Gasteiger partial charge is 0.255 e. The first-order valence-electron chi connectivity index (χ1n) is 8.29. The van der Waals surface area contributed by atoms with Crippen molar-refractivity contribution in [1.82, 2.24) is 25.2 Å². The summed E-state index contributed by atoms with van der Waals surface area (Å²) in [4.78, 5) is 17.4. The molecule has 0 radical (unpaired) electrons. The van der Waals surface area contributed by atoms with E-state index >= 15 is 0 Å². The maximum atomic E-state index is 13.2. The Morgan fingerprint density at radius 2 is 2.11 bits per heavy atom. The minimum Gasteiger partial charge on any atom is -0.495 e. The highest BCUT2D eigenvalue weighted by Gasteiger charge is 2.34. The molecule has 1 aromatic carbocycles. The number of nitrogens with one attached hydrogen (secondary N) is 2. The van der Waals surface area contributed by atoms with Gasteiger partial charge >= 0.3 is 0 Å². The predicted molar refractivity (Wildman–Crippen MR) is 98.1 cm³/mol. The van der Waals surface area contributed by atoms with Crippen LogP contribution in [-0.2, 0) is 4.79 Å². The highest BCUT2D eigenvalue weighted by molar-refractivity contribution is 6.06. The average Bonchev–Trinajstić information content (AvgIpc) is 3.15. The number of carbonyl (C=O) groups is 1. The van der Waals surface area contributed by atoms with Gasteiger partial charge in [0.2, 0.25) is 5.95 Å². The van der Waals surface area contributed by atoms with Gasteiger partial charge in [-0.3, -0.25) is 9.78 Å². The minimum absolute atomic E-state index is 0.278. The molecule has 9 nitrogen and oxygen atoms in total. The van der Waals surface area contributed by atoms with Crippen LogP contribution in [0.2, 0.25) is 0 Å². The number of methoxy groups -OCH3 is 1. The largest absolute Gasteiger partial charge is 0.495 e. The molecular weight excluding hydrogens is 346 g/mol. The Labute approximate surface area is 155 Å². The first-order valence-corrected chi connectivity index (χ1v) is 8.29. The number of pyridine rings is 1. The zero-order valence-electron chi connectivity index (χ0n) is 14.7. The van der Waals surface area contributed by atoms with Gasteiger partial charge in [0.05, 0.1) is 18.4 Å². The molecule has 1 atom stereocenters. The van der Waals surface area contributed by atoms with Gasteiger partial charge in [0, 0.05) is 18.1 Å². The van der Waals surface area contributed by atoms with Crippen LogP contribution in [0.4, 0.5) is 11.6 Å². The monoisotopic (exact) mass is 363 g/mol. The van der Waals surface area contributed by atoms with Gasteiger partial charge in [0.1, 0.15) is 11.8 Å². The van der Waals surface area contributed by atoms with E-state index in [2.05, 4.69) is 31.1 Å². The Morgan fingerprint density at radius 1 is 1.26 bits per heavy atom. The number of fused-ring (bicyclic) bond motifs is 1. The fourth-order valence-corrected chi connectivity index (χ4v) is 3.09. The summed E-state index contributed by atoms with van der Waals surface area (Å²) >= 11 is 0. The molecule has 0 saturated heterocycles. The lowest BCUT2D eigenvalue weighted by atomic mass is 9.96. The Morgan fingerprint density at radius 3 is 2.89 bits per heavy atom. The molecule has 0 bridgehead atoms. The van der Waals surface area contributed by atoms with E-state index in [1.54, 1.807) is 36.3 Å². The van der Waals surface area contributed by atoms with Crippen molar-refractivity contribution < 1.29 is 9.53 Å². The molecule has 3 aromatic rings. The number of amides is 1. The molecule has 1 amide bonds. The lowest BCUT2D eigenvalue weighted by Gasteiger charge is -2.27. The van der Waals surface area contributed by atoms with E-state index in [0.717, 1.165) is 5.56 Å². The van der Waals surface area contributed by atoms with Crippen LogP contribution in [0.3, 0.4) is 0 Å². The number of para-hydroxylation sites is 2. The zero-order chi connectivity index (χ0) is 18.8. The van der Waals surface area contributed by atoms with Gasteiger partial charge in [0.15, 0.2) is 0 Å². The van der Waals surface area contributed by atoms with Crippen molar-refractivity contribution in [3.8, 4) is 5.75 Å². The third kappa shape index (κ3) is 2.99. The summed E-state index contributed by atoms with van der Waals surface area (Å²) in [6.45, 7) is 1.82. The van der Waals surface area contributed by atoms with Crippen LogP contribution in [0.1, 0.15) is 18.5 Å². The summed E-state index contributed by atoms with van der Waals surface area (Å²) in [5.74, 6) is 0.767. The number of rotatable bonds is 4. The lowest BCUT2D eigenvalue weighted by Crippen LogP contribution is -2.31. The van der Waals surface area contributed by atoms with Gasteiger partial charge in [0.25, 0.3) is 5.91 Å². The number of nitrogens with zero attached hydrogens (tertiary/aromatic N) is 5. The molecule has 0 fully saturated rings. The van der Waals surface area contributed by atoms with Crippen molar-refractivity contribution in [2.45, 2.75) is 13.0 Å². The Bertz CT molecular complexity index is 1010. The van der Waals surface area contributed by atoms with E-state index in [0.29, 0.717) is 28.7 Å². The molecule has 1 aliphatic heterocycles. The summed E-state index contributed by atoms with van der Waals surface area (Å²) in [5.41, 5.74) is 2.54. The zero-order valence-corrected chi connectivity index (χ0v) is 14.7. The number of tetrazole rings is 1. The Kier molecular flexibility index (Phi) is 4.25. The highest BCUT2D eigenvalue weighted by atomic mass is 16.5. The topological polar surface area (TPSA) is 107 Å². The third-order valence-corrected chi connectivity index (χ3v) is 4.31. The van der Waals surface area contributed by atoms with Gasteiger partial charge in [-0.25, -0.2) is 0 Å². The van der Waals surface area contributed by atoms with Crippen LogP contribution in [0, 0.1) is 0 Å². The van der Waals surface area contributed by atoms with Crippen LogP contribution < -0.4 is 15.4 Å². The molecule has 1 aliphatic rings. The van der Waals surface area contributed by atoms with Crippen LogP contribution in [0.5, 0.6) is 5.75 Å². The summed E-state index contributed by atoms with van der Waals surface area (Å²) in [7, 11) is 1.56. The predicted octanol–water partition coefficient (Wildman–Crippen LogP) is 2.00. The second kappa shape index (κ2) is 6.87. The summed E-state index contributed by atoms with van der Waals surface area (Å²) in [6.07, 6.45) is 3.38. The van der Waals surface area contributed by atoms with E-state index in [4.69, 9.17) is 4.74 Å². The van der Waals surface area contributed by atoms with Crippen molar-refractivity contribution in [3.63, 3.8) is 0 Å². The molecule has 136 valence electrons. The fraction of sp³-hybridized carbons (Fsp3) is 0.167. The summed E-state index contributed by atoms with van der Waals surface area (Å²) < 4.78 is 6.89. The number of benzene rings is 1. The number of aromatic nitrogens is 5. The summed E-state index contributed by atoms with van der Waals surface area (Å²) in [5, 5.41) is 17.7. The van der Waals surface area contributed by atoms with Crippen LogP contribution >= 0.6 is 0 Å². The van der Waals surface area contributed by atoms with E-state index in [1.165, 1.54) is 0 Å². The van der Waals surface area contributed by atoms with Crippen molar-refractivity contribution in [2.75, 3.05) is 17.7 Å². The SMILES string of the molecule is COc1ccccc1NC(=O)C1=C(C)Nc2nnnn2[C@H]1c1cccnc1. The molecule has 9 heteroatoms. The normalized spacial score (nSPS) is 15.7. The average molecular weight is 363 g/mol. The van der Waals surface area contributed by atoms with E-state index in [9.17, 15) is 4.79 Å². The molecular formula is C18H17N7O2. The van der Waals surface area contributed by atoms with E-state index in [1.807, 2.05) is 31.2 Å². The van der Waals surface area contributed by atoms with Gasteiger partial charge in [-0.05, 0) is 41.1 Å². The molecule has 0 spiro atoms. The van der Waals surface area contributed by atoms with Crippen molar-refractivity contribution in [1.29, 1.82) is 0 Å². The van der Waals surface area contributed by atoms with Gasteiger partial charge in [-0.15, -0.1) is 0 Å². The highest BCUT2D eigenvalue weighted by Crippen LogP contribution is 2.35. The number of hydrogen-bond donors (Lipinski definition) is 2. The molecule has 0 saturated carbocycles. The number of allylic oxidation sites excluding steroid dienone is 1. The lowest BCUT2D eigenvalue weighted by molar-refractivity contribution is -0.113. The molecule has 0 unspecified atom stereocenters. The van der Waals surface area contributed by atoms with Gasteiger partial charge in [-0.1, -0.05) is 23.3 Å². The second-order valence-corrected chi connectivity index (χ2v) is 5.95. The number of anilines is 2. The molecule has 4 rings (SSSR count). The maximum absolute atomic E-state index is 13.2. The number of carbonyl (C=O) groups excluding carboxylic acids is 1. The molecule has 3 heterocycles. The number of ether oxygens (including phenoxy) is 1. The molecule has 0 aliphatic carbocycles. The first-order chi connectivity index (χ1) is 13.2. The van der Waals surface area contributed by atoms with Crippen molar-refractivity contribution in [2.24, 2.45) is 0 Å². The van der Waals surface area contributed by atoms with Crippen LogP contribution in [0.25, 0.3) is 0 Å². The van der Waals surface area contributed by atoms with Crippen LogP contribution in [-0.4, -0.2) is 38.2 Å². The van der Waals surface area contributed by atoms with E-state index in [-0.39, 0.29) is 5.91 Å². The van der Waals surface area contributed by atoms with E-state index < -0.39 is 6.04 Å². The summed E-state index contributed by atoms with van der Waals surface area (Å²) in [6, 6.07) is 10.4. The Balaban J connectivity index is 1.76. The second-order valence-electron chi connectivity index (χ2n) is 5.95.